The van der Waals surface area contributed by atoms with Crippen molar-refractivity contribution in [2.24, 2.45) is 0 Å². The lowest BCUT2D eigenvalue weighted by Gasteiger charge is -2.22. The molecule has 1 aromatic carbocycles. The van der Waals surface area contributed by atoms with Gasteiger partial charge in [-0.3, -0.25) is 4.79 Å². The molecule has 2 rings (SSSR count). The molecule has 0 heterocycles. The lowest BCUT2D eigenvalue weighted by Crippen LogP contribution is -2.43. The second-order valence-electron chi connectivity index (χ2n) is 6.86. The summed E-state index contributed by atoms with van der Waals surface area (Å²) >= 11 is 0. The van der Waals surface area contributed by atoms with Gasteiger partial charge in [0.2, 0.25) is 5.91 Å². The molecule has 0 aromatic heterocycles. The van der Waals surface area contributed by atoms with Crippen LogP contribution in [-0.2, 0) is 4.79 Å². The fourth-order valence-electron chi connectivity index (χ4n) is 3.18. The van der Waals surface area contributed by atoms with Gasteiger partial charge in [0.1, 0.15) is 0 Å². The summed E-state index contributed by atoms with van der Waals surface area (Å²) in [5.41, 5.74) is 1.56. The Labute approximate surface area is 155 Å². The van der Waals surface area contributed by atoms with Gasteiger partial charge in [0.15, 0.2) is 0 Å². The van der Waals surface area contributed by atoms with Gasteiger partial charge in [-0.2, -0.15) is 5.26 Å². The largest absolute Gasteiger partial charge is 0.350 e. The molecule has 1 fully saturated rings. The summed E-state index contributed by atoms with van der Waals surface area (Å²) in [6.07, 6.45) is 6.71. The van der Waals surface area contributed by atoms with Crippen LogP contribution >= 0.6 is 0 Å². The monoisotopic (exact) mass is 356 g/mol. The third-order valence-corrected chi connectivity index (χ3v) is 4.72. The van der Waals surface area contributed by atoms with Gasteiger partial charge in [-0.25, -0.2) is 4.79 Å². The number of urea groups is 1. The van der Waals surface area contributed by atoms with Crippen LogP contribution in [0.5, 0.6) is 0 Å². The maximum Gasteiger partial charge on any atom is 0.315 e. The number of benzene rings is 1. The maximum atomic E-state index is 12.0. The summed E-state index contributed by atoms with van der Waals surface area (Å²) in [5, 5.41) is 17.6. The highest BCUT2D eigenvalue weighted by Gasteiger charge is 2.15. The van der Waals surface area contributed by atoms with Crippen molar-refractivity contribution in [2.45, 2.75) is 64.0 Å². The Kier molecular flexibility index (Phi) is 7.94. The number of rotatable bonds is 7. The van der Waals surface area contributed by atoms with Crippen molar-refractivity contribution in [3.8, 4) is 6.07 Å². The molecule has 1 aromatic rings. The van der Waals surface area contributed by atoms with Crippen molar-refractivity contribution in [3.05, 3.63) is 35.4 Å². The molecule has 3 amide bonds. The first-order valence-corrected chi connectivity index (χ1v) is 9.42. The fourth-order valence-corrected chi connectivity index (χ4v) is 3.18. The predicted octanol–water partition coefficient (Wildman–Crippen LogP) is 3.15. The summed E-state index contributed by atoms with van der Waals surface area (Å²) in [5.74, 6) is -0.0450. The van der Waals surface area contributed by atoms with Crippen molar-refractivity contribution in [1.82, 2.24) is 16.0 Å². The van der Waals surface area contributed by atoms with Gasteiger partial charge in [-0.1, -0.05) is 31.4 Å². The lowest BCUT2D eigenvalue weighted by molar-refractivity contribution is -0.121. The van der Waals surface area contributed by atoms with E-state index < -0.39 is 0 Å². The Morgan fingerprint density at radius 1 is 1.19 bits per heavy atom. The smallest absolute Gasteiger partial charge is 0.315 e. The standard InChI is InChI=1S/C20H28N4O2/c1-15(17-11-9-16(14-21)10-12-17)23-19(25)8-5-13-22-20(26)24-18-6-3-2-4-7-18/h9-12,15,18H,2-8,13H2,1H3,(H,23,25)(H2,22,24,26). The molecule has 1 aliphatic rings. The van der Waals surface area contributed by atoms with E-state index in [9.17, 15) is 9.59 Å². The highest BCUT2D eigenvalue weighted by Crippen LogP contribution is 2.17. The van der Waals surface area contributed by atoms with E-state index in [-0.39, 0.29) is 18.0 Å². The van der Waals surface area contributed by atoms with E-state index in [0.29, 0.717) is 31.0 Å². The van der Waals surface area contributed by atoms with Gasteiger partial charge in [-0.15, -0.1) is 0 Å². The van der Waals surface area contributed by atoms with Crippen LogP contribution in [0.3, 0.4) is 0 Å². The molecule has 0 bridgehead atoms. The van der Waals surface area contributed by atoms with Crippen LogP contribution in [0.15, 0.2) is 24.3 Å². The molecule has 0 saturated heterocycles. The Morgan fingerprint density at radius 2 is 1.88 bits per heavy atom. The number of carbonyl (C=O) groups excluding carboxylic acids is 2. The molecule has 26 heavy (non-hydrogen) atoms. The maximum absolute atomic E-state index is 12.0. The van der Waals surface area contributed by atoms with Crippen molar-refractivity contribution in [3.63, 3.8) is 0 Å². The Hall–Kier alpha value is -2.55. The van der Waals surface area contributed by atoms with E-state index in [1.54, 1.807) is 12.1 Å². The molecule has 6 nitrogen and oxygen atoms in total. The van der Waals surface area contributed by atoms with E-state index in [4.69, 9.17) is 5.26 Å². The first-order chi connectivity index (χ1) is 12.6. The van der Waals surface area contributed by atoms with E-state index in [2.05, 4.69) is 22.0 Å². The number of carbonyl (C=O) groups is 2. The third kappa shape index (κ3) is 6.75. The molecule has 1 atom stereocenters. The predicted molar refractivity (Wildman–Crippen MR) is 100 cm³/mol. The van der Waals surface area contributed by atoms with Gasteiger partial charge in [0, 0.05) is 19.0 Å². The van der Waals surface area contributed by atoms with E-state index in [1.807, 2.05) is 19.1 Å². The van der Waals surface area contributed by atoms with Crippen LogP contribution in [0.25, 0.3) is 0 Å². The van der Waals surface area contributed by atoms with Crippen LogP contribution in [0, 0.1) is 11.3 Å². The minimum atomic E-state index is -0.136. The van der Waals surface area contributed by atoms with Crippen molar-refractivity contribution in [1.29, 1.82) is 5.26 Å². The zero-order chi connectivity index (χ0) is 18.8. The van der Waals surface area contributed by atoms with Crippen LogP contribution < -0.4 is 16.0 Å². The summed E-state index contributed by atoms with van der Waals surface area (Å²) in [4.78, 5) is 23.8. The zero-order valence-corrected chi connectivity index (χ0v) is 15.4. The Morgan fingerprint density at radius 3 is 2.54 bits per heavy atom. The fraction of sp³-hybridized carbons (Fsp3) is 0.550. The topological polar surface area (TPSA) is 94.0 Å². The summed E-state index contributed by atoms with van der Waals surface area (Å²) in [7, 11) is 0. The highest BCUT2D eigenvalue weighted by atomic mass is 16.2. The summed E-state index contributed by atoms with van der Waals surface area (Å²) in [6, 6.07) is 9.30. The van der Waals surface area contributed by atoms with Gasteiger partial charge in [-0.05, 0) is 43.9 Å². The average molecular weight is 356 g/mol. The van der Waals surface area contributed by atoms with Crippen molar-refractivity contribution < 1.29 is 9.59 Å². The molecule has 6 heteroatoms. The average Bonchev–Trinajstić information content (AvgIpc) is 2.66. The highest BCUT2D eigenvalue weighted by molar-refractivity contribution is 5.77. The van der Waals surface area contributed by atoms with E-state index in [0.717, 1.165) is 18.4 Å². The zero-order valence-electron chi connectivity index (χ0n) is 15.4. The first-order valence-electron chi connectivity index (χ1n) is 9.42. The molecule has 0 aliphatic heterocycles. The minimum Gasteiger partial charge on any atom is -0.350 e. The van der Waals surface area contributed by atoms with Crippen LogP contribution in [-0.4, -0.2) is 24.5 Å². The van der Waals surface area contributed by atoms with Gasteiger partial charge >= 0.3 is 6.03 Å². The van der Waals surface area contributed by atoms with Crippen molar-refractivity contribution in [2.75, 3.05) is 6.54 Å². The number of nitrogens with one attached hydrogen (secondary N) is 3. The Balaban J connectivity index is 1.60. The summed E-state index contributed by atoms with van der Waals surface area (Å²) in [6.45, 7) is 2.40. The minimum absolute atomic E-state index is 0.0450. The molecule has 1 unspecified atom stereocenters. The Bertz CT molecular complexity index is 630. The molecule has 3 N–H and O–H groups in total. The first kappa shape index (κ1) is 19.8. The molecule has 1 saturated carbocycles. The second kappa shape index (κ2) is 10.4. The number of hydrogen-bond acceptors (Lipinski definition) is 3. The molecule has 140 valence electrons. The second-order valence-corrected chi connectivity index (χ2v) is 6.86. The third-order valence-electron chi connectivity index (χ3n) is 4.72. The van der Waals surface area contributed by atoms with Gasteiger partial charge in [0.25, 0.3) is 0 Å². The van der Waals surface area contributed by atoms with Crippen LogP contribution in [0.4, 0.5) is 4.79 Å². The number of hydrogen-bond donors (Lipinski definition) is 3. The quantitative estimate of drug-likeness (QED) is 0.655. The van der Waals surface area contributed by atoms with Crippen LogP contribution in [0.2, 0.25) is 0 Å². The number of amides is 3. The molecular formula is C20H28N4O2. The molecule has 0 spiro atoms. The normalized spacial score (nSPS) is 15.5. The lowest BCUT2D eigenvalue weighted by atomic mass is 9.96. The SMILES string of the molecule is CC(NC(=O)CCCNC(=O)NC1CCCCC1)c1ccc(C#N)cc1. The number of nitrogens with zero attached hydrogens (tertiary/aromatic N) is 1. The van der Waals surface area contributed by atoms with E-state index >= 15 is 0 Å². The number of nitriles is 1. The van der Waals surface area contributed by atoms with Gasteiger partial charge in [0.05, 0.1) is 17.7 Å². The molecule has 0 radical (unpaired) electrons. The van der Waals surface area contributed by atoms with Gasteiger partial charge < -0.3 is 16.0 Å². The van der Waals surface area contributed by atoms with Crippen molar-refractivity contribution >= 4 is 11.9 Å². The van der Waals surface area contributed by atoms with E-state index in [1.165, 1.54) is 19.3 Å². The molecule has 1 aliphatic carbocycles. The summed E-state index contributed by atoms with van der Waals surface area (Å²) < 4.78 is 0. The molecular weight excluding hydrogens is 328 g/mol. The van der Waals surface area contributed by atoms with Crippen LogP contribution in [0.1, 0.15) is 69.0 Å².